The molecule has 0 unspecified atom stereocenters. The minimum Gasteiger partial charge on any atom is -0.340 e. The van der Waals surface area contributed by atoms with E-state index in [0.717, 1.165) is 15.4 Å². The number of amides is 1. The van der Waals surface area contributed by atoms with Gasteiger partial charge in [0.2, 0.25) is 5.91 Å². The molecular weight excluding hydrogens is 400 g/mol. The highest BCUT2D eigenvalue weighted by Gasteiger charge is 2.31. The van der Waals surface area contributed by atoms with E-state index in [1.165, 1.54) is 23.2 Å². The summed E-state index contributed by atoms with van der Waals surface area (Å²) in [6.07, 6.45) is 0. The van der Waals surface area contributed by atoms with Crippen molar-refractivity contribution in [2.75, 3.05) is 7.05 Å². The van der Waals surface area contributed by atoms with Gasteiger partial charge in [0, 0.05) is 19.0 Å². The zero-order chi connectivity index (χ0) is 19.4. The molecule has 8 heteroatoms. The van der Waals surface area contributed by atoms with Crippen LogP contribution in [0.3, 0.4) is 0 Å². The Bertz CT molecular complexity index is 996. The molecule has 27 heavy (non-hydrogen) atoms. The molecule has 0 aliphatic heterocycles. The number of carbonyl (C=O) groups is 1. The third kappa shape index (κ3) is 4.82. The number of aromatic nitrogens is 1. The molecule has 0 fully saturated rings. The van der Waals surface area contributed by atoms with Gasteiger partial charge in [0.15, 0.2) is 9.84 Å². The van der Waals surface area contributed by atoms with Gasteiger partial charge in [0.25, 0.3) is 0 Å². The Balaban J connectivity index is 1.67. The molecule has 0 N–H and O–H groups in total. The normalized spacial score (nSPS) is 12.7. The van der Waals surface area contributed by atoms with Crippen molar-refractivity contribution in [3.8, 4) is 9.88 Å². The maximum atomic E-state index is 12.7. The lowest BCUT2D eigenvalue weighted by Gasteiger charge is -2.21. The second-order valence-electron chi connectivity index (χ2n) is 6.25. The molecule has 5 nitrogen and oxygen atoms in total. The van der Waals surface area contributed by atoms with Gasteiger partial charge in [-0.2, -0.15) is 0 Å². The van der Waals surface area contributed by atoms with E-state index >= 15 is 0 Å². The molecule has 1 aromatic carbocycles. The lowest BCUT2D eigenvalue weighted by atomic mass is 10.2. The maximum absolute atomic E-state index is 12.7. The molecule has 0 radical (unpaired) electrons. The number of benzene rings is 1. The average Bonchev–Trinajstić information content (AvgIpc) is 3.32. The number of hydrogen-bond acceptors (Lipinski definition) is 6. The predicted octanol–water partition coefficient (Wildman–Crippen LogP) is 3.83. The Morgan fingerprint density at radius 2 is 1.89 bits per heavy atom. The van der Waals surface area contributed by atoms with Gasteiger partial charge in [-0.1, -0.05) is 36.4 Å². The zero-order valence-corrected chi connectivity index (χ0v) is 17.5. The summed E-state index contributed by atoms with van der Waals surface area (Å²) in [5.74, 6) is -0.645. The van der Waals surface area contributed by atoms with Crippen LogP contribution < -0.4 is 0 Å². The lowest BCUT2D eigenvalue weighted by Crippen LogP contribution is -2.39. The summed E-state index contributed by atoms with van der Waals surface area (Å²) in [5, 5.41) is 3.39. The van der Waals surface area contributed by atoms with Crippen LogP contribution in [0.15, 0.2) is 53.2 Å². The van der Waals surface area contributed by atoms with Crippen LogP contribution >= 0.6 is 22.7 Å². The van der Waals surface area contributed by atoms with Gasteiger partial charge < -0.3 is 4.90 Å². The Hall–Kier alpha value is -2.03. The summed E-state index contributed by atoms with van der Waals surface area (Å²) < 4.78 is 25.4. The Labute approximate surface area is 167 Å². The SMILES string of the molecule is C[C@@H](C(=O)N(C)Cc1ccccc1)S(=O)(=O)Cc1csc(-c2cccs2)n1. The van der Waals surface area contributed by atoms with E-state index in [9.17, 15) is 13.2 Å². The topological polar surface area (TPSA) is 67.3 Å². The molecule has 3 aromatic rings. The van der Waals surface area contributed by atoms with Crippen molar-refractivity contribution < 1.29 is 13.2 Å². The molecule has 0 saturated heterocycles. The summed E-state index contributed by atoms with van der Waals surface area (Å²) in [4.78, 5) is 19.5. The van der Waals surface area contributed by atoms with Crippen molar-refractivity contribution in [1.82, 2.24) is 9.88 Å². The number of nitrogens with zero attached hydrogens (tertiary/aromatic N) is 2. The molecule has 3 rings (SSSR count). The first kappa shape index (κ1) is 19.7. The van der Waals surface area contributed by atoms with Crippen LogP contribution in [0.2, 0.25) is 0 Å². The molecule has 1 atom stereocenters. The highest BCUT2D eigenvalue weighted by molar-refractivity contribution is 7.92. The molecule has 142 valence electrons. The number of carbonyl (C=O) groups excluding carboxylic acids is 1. The summed E-state index contributed by atoms with van der Waals surface area (Å²) in [6.45, 7) is 1.82. The summed E-state index contributed by atoms with van der Waals surface area (Å²) in [5.41, 5.74) is 1.44. The van der Waals surface area contributed by atoms with Crippen molar-refractivity contribution in [2.45, 2.75) is 24.5 Å². The van der Waals surface area contributed by atoms with Crippen LogP contribution in [-0.2, 0) is 26.9 Å². The number of thiazole rings is 1. The zero-order valence-electron chi connectivity index (χ0n) is 15.0. The largest absolute Gasteiger partial charge is 0.340 e. The van der Waals surface area contributed by atoms with Crippen LogP contribution in [0, 0.1) is 0 Å². The van der Waals surface area contributed by atoms with E-state index in [0.29, 0.717) is 12.2 Å². The molecule has 2 heterocycles. The van der Waals surface area contributed by atoms with E-state index in [2.05, 4.69) is 4.98 Å². The molecule has 2 aromatic heterocycles. The second kappa shape index (κ2) is 8.33. The molecule has 0 aliphatic rings. The third-order valence-electron chi connectivity index (χ3n) is 4.16. The van der Waals surface area contributed by atoms with E-state index in [-0.39, 0.29) is 5.75 Å². The molecular formula is C19H20N2O3S3. The Morgan fingerprint density at radius 3 is 2.56 bits per heavy atom. The summed E-state index contributed by atoms with van der Waals surface area (Å²) in [6, 6.07) is 13.4. The highest BCUT2D eigenvalue weighted by Crippen LogP contribution is 2.28. The quantitative estimate of drug-likeness (QED) is 0.583. The van der Waals surface area contributed by atoms with Gasteiger partial charge in [-0.15, -0.1) is 22.7 Å². The monoisotopic (exact) mass is 420 g/mol. The van der Waals surface area contributed by atoms with Gasteiger partial charge in [-0.3, -0.25) is 4.79 Å². The van der Waals surface area contributed by atoms with Crippen LogP contribution in [0.4, 0.5) is 0 Å². The van der Waals surface area contributed by atoms with Crippen molar-refractivity contribution in [3.63, 3.8) is 0 Å². The first-order valence-electron chi connectivity index (χ1n) is 8.35. The number of rotatable bonds is 7. The fourth-order valence-corrected chi connectivity index (χ4v) is 5.65. The number of sulfone groups is 1. The van der Waals surface area contributed by atoms with Crippen LogP contribution in [-0.4, -0.2) is 36.5 Å². The van der Waals surface area contributed by atoms with Gasteiger partial charge in [-0.05, 0) is 23.9 Å². The van der Waals surface area contributed by atoms with Crippen molar-refractivity contribution in [2.24, 2.45) is 0 Å². The first-order valence-corrected chi connectivity index (χ1v) is 11.8. The minimum absolute atomic E-state index is 0.235. The molecule has 0 aliphatic carbocycles. The van der Waals surface area contributed by atoms with Gasteiger partial charge >= 0.3 is 0 Å². The second-order valence-corrected chi connectivity index (χ2v) is 10.4. The maximum Gasteiger partial charge on any atom is 0.240 e. The molecule has 0 spiro atoms. The Kier molecular flexibility index (Phi) is 6.08. The molecule has 0 saturated carbocycles. The van der Waals surface area contributed by atoms with Crippen molar-refractivity contribution in [1.29, 1.82) is 0 Å². The van der Waals surface area contributed by atoms with Gasteiger partial charge in [0.05, 0.1) is 16.3 Å². The highest BCUT2D eigenvalue weighted by atomic mass is 32.2. The van der Waals surface area contributed by atoms with Crippen molar-refractivity contribution >= 4 is 38.4 Å². The summed E-state index contributed by atoms with van der Waals surface area (Å²) >= 11 is 2.98. The van der Waals surface area contributed by atoms with E-state index in [1.807, 2.05) is 47.8 Å². The first-order chi connectivity index (χ1) is 12.9. The molecule has 0 bridgehead atoms. The van der Waals surface area contributed by atoms with Crippen molar-refractivity contribution in [3.05, 3.63) is 64.5 Å². The average molecular weight is 421 g/mol. The van der Waals surface area contributed by atoms with Crippen LogP contribution in [0.5, 0.6) is 0 Å². The minimum atomic E-state index is -3.65. The standard InChI is InChI=1S/C19H20N2O3S3/c1-14(19(22)21(2)11-15-7-4-3-5-8-15)27(23,24)13-16-12-26-18(20-16)17-9-6-10-25-17/h3-10,12,14H,11,13H2,1-2H3/t14-/m0/s1. The number of hydrogen-bond donors (Lipinski definition) is 0. The van der Waals surface area contributed by atoms with E-state index in [1.54, 1.807) is 23.8 Å². The summed E-state index contributed by atoms with van der Waals surface area (Å²) in [7, 11) is -2.02. The van der Waals surface area contributed by atoms with Gasteiger partial charge in [0.1, 0.15) is 10.3 Å². The smallest absolute Gasteiger partial charge is 0.240 e. The Morgan fingerprint density at radius 1 is 1.15 bits per heavy atom. The van der Waals surface area contributed by atoms with Gasteiger partial charge in [-0.25, -0.2) is 13.4 Å². The van der Waals surface area contributed by atoms with Crippen LogP contribution in [0.1, 0.15) is 18.2 Å². The van der Waals surface area contributed by atoms with E-state index in [4.69, 9.17) is 0 Å². The molecule has 1 amide bonds. The lowest BCUT2D eigenvalue weighted by molar-refractivity contribution is -0.129. The van der Waals surface area contributed by atoms with Crippen LogP contribution in [0.25, 0.3) is 9.88 Å². The fraction of sp³-hybridized carbons (Fsp3) is 0.263. The number of thiophene rings is 1. The third-order valence-corrected chi connectivity index (χ3v) is 8.07. The predicted molar refractivity (Wildman–Crippen MR) is 110 cm³/mol. The fourth-order valence-electron chi connectivity index (χ4n) is 2.62. The van der Waals surface area contributed by atoms with E-state index < -0.39 is 21.0 Å².